The Kier molecular flexibility index (Phi) is 13.5. The summed E-state index contributed by atoms with van der Waals surface area (Å²) >= 11 is 0. The molecule has 0 amide bonds. The number of unbranched alkanes of at least 4 members (excludes halogenated alkanes) is 12. The summed E-state index contributed by atoms with van der Waals surface area (Å²) in [6.07, 6.45) is 19.5. The van der Waals surface area contributed by atoms with Crippen LogP contribution in [0.1, 0.15) is 115 Å². The van der Waals surface area contributed by atoms with Gasteiger partial charge in [0, 0.05) is 0 Å². The van der Waals surface area contributed by atoms with Crippen LogP contribution >= 0.6 is 0 Å². The number of rotatable bonds is 18. The minimum atomic E-state index is 0.286. The zero-order valence-electron chi connectivity index (χ0n) is 21.1. The van der Waals surface area contributed by atoms with Crippen molar-refractivity contribution in [2.45, 2.75) is 117 Å². The summed E-state index contributed by atoms with van der Waals surface area (Å²) in [4.78, 5) is 0. The van der Waals surface area contributed by atoms with E-state index >= 15 is 0 Å². The molecule has 0 bridgehead atoms. The summed E-state index contributed by atoms with van der Waals surface area (Å²) in [6.45, 7) is 4.50. The number of ether oxygens (including phenoxy) is 1. The largest absolute Gasteiger partial charge is 0.508 e. The molecule has 0 aromatic heterocycles. The van der Waals surface area contributed by atoms with Gasteiger partial charge in [-0.05, 0) is 73.2 Å². The first-order valence-corrected chi connectivity index (χ1v) is 13.5. The maximum atomic E-state index is 10.0. The van der Waals surface area contributed by atoms with Gasteiger partial charge >= 0.3 is 0 Å². The quantitative estimate of drug-likeness (QED) is 0.220. The molecule has 0 heterocycles. The molecule has 3 nitrogen and oxygen atoms in total. The van der Waals surface area contributed by atoms with Crippen molar-refractivity contribution in [3.05, 3.63) is 47.5 Å². The van der Waals surface area contributed by atoms with Gasteiger partial charge in [-0.1, -0.05) is 90.9 Å². The van der Waals surface area contributed by atoms with Crippen molar-refractivity contribution >= 4 is 0 Å². The molecule has 0 atom stereocenters. The van der Waals surface area contributed by atoms with Crippen LogP contribution in [0.4, 0.5) is 0 Å². The molecule has 0 spiro atoms. The zero-order valence-corrected chi connectivity index (χ0v) is 21.1. The van der Waals surface area contributed by atoms with E-state index in [0.717, 1.165) is 48.3 Å². The van der Waals surface area contributed by atoms with E-state index in [2.05, 4.69) is 13.8 Å². The maximum absolute atomic E-state index is 10.0. The molecule has 0 saturated carbocycles. The maximum Gasteiger partial charge on any atom is 0.130 e. The highest BCUT2D eigenvalue weighted by Gasteiger charge is 2.11. The van der Waals surface area contributed by atoms with Crippen LogP contribution in [0, 0.1) is 0 Å². The van der Waals surface area contributed by atoms with Gasteiger partial charge in [-0.15, -0.1) is 0 Å². The van der Waals surface area contributed by atoms with Gasteiger partial charge in [-0.2, -0.15) is 0 Å². The standard InChI is InChI=1S/C30H46O3/c1-3-5-7-9-11-13-15-17-25-23-27(31)19-21-29(25)33-30-22-20-28(32)24-26(30)18-16-14-12-10-8-6-4-2/h19-24,31-32H,3-18H2,1-2H3. The summed E-state index contributed by atoms with van der Waals surface area (Å²) in [5.74, 6) is 2.19. The average Bonchev–Trinajstić information content (AvgIpc) is 2.81. The van der Waals surface area contributed by atoms with Crippen molar-refractivity contribution in [3.63, 3.8) is 0 Å². The zero-order chi connectivity index (χ0) is 23.7. The third-order valence-corrected chi connectivity index (χ3v) is 6.41. The van der Waals surface area contributed by atoms with Crippen LogP contribution in [0.5, 0.6) is 23.0 Å². The molecule has 0 aliphatic heterocycles. The lowest BCUT2D eigenvalue weighted by Gasteiger charge is -2.15. The first-order valence-electron chi connectivity index (χ1n) is 13.5. The molecule has 2 aromatic rings. The van der Waals surface area contributed by atoms with Crippen molar-refractivity contribution in [1.82, 2.24) is 0 Å². The van der Waals surface area contributed by atoms with Crippen molar-refractivity contribution in [1.29, 1.82) is 0 Å². The predicted molar refractivity (Wildman–Crippen MR) is 140 cm³/mol. The second-order valence-corrected chi connectivity index (χ2v) is 9.43. The van der Waals surface area contributed by atoms with Crippen LogP contribution in [-0.4, -0.2) is 10.2 Å². The van der Waals surface area contributed by atoms with Crippen LogP contribution < -0.4 is 4.74 Å². The minimum Gasteiger partial charge on any atom is -0.508 e. The first kappa shape index (κ1) is 27.1. The summed E-state index contributed by atoms with van der Waals surface area (Å²) in [6, 6.07) is 10.8. The third-order valence-electron chi connectivity index (χ3n) is 6.41. The van der Waals surface area contributed by atoms with E-state index in [-0.39, 0.29) is 11.5 Å². The number of phenols is 2. The summed E-state index contributed by atoms with van der Waals surface area (Å²) in [5.41, 5.74) is 2.11. The van der Waals surface area contributed by atoms with E-state index in [1.807, 2.05) is 24.3 Å². The van der Waals surface area contributed by atoms with Crippen molar-refractivity contribution in [3.8, 4) is 23.0 Å². The van der Waals surface area contributed by atoms with Crippen LogP contribution in [0.25, 0.3) is 0 Å². The fraction of sp³-hybridized carbons (Fsp3) is 0.600. The molecular formula is C30H46O3. The summed E-state index contributed by atoms with van der Waals surface area (Å²) < 4.78 is 6.35. The first-order chi connectivity index (χ1) is 16.1. The van der Waals surface area contributed by atoms with Crippen molar-refractivity contribution in [2.24, 2.45) is 0 Å². The molecule has 0 radical (unpaired) electrons. The molecule has 0 aliphatic rings. The third kappa shape index (κ3) is 11.0. The lowest BCUT2D eigenvalue weighted by Crippen LogP contribution is -1.96. The van der Waals surface area contributed by atoms with E-state index < -0.39 is 0 Å². The molecule has 2 N–H and O–H groups in total. The molecular weight excluding hydrogens is 408 g/mol. The molecule has 2 aromatic carbocycles. The van der Waals surface area contributed by atoms with Gasteiger partial charge in [0.25, 0.3) is 0 Å². The van der Waals surface area contributed by atoms with Crippen LogP contribution in [0.15, 0.2) is 36.4 Å². The monoisotopic (exact) mass is 454 g/mol. The molecule has 33 heavy (non-hydrogen) atoms. The second-order valence-electron chi connectivity index (χ2n) is 9.43. The molecule has 2 rings (SSSR count). The van der Waals surface area contributed by atoms with Gasteiger partial charge in [-0.3, -0.25) is 0 Å². The fourth-order valence-electron chi connectivity index (χ4n) is 4.39. The molecule has 0 unspecified atom stereocenters. The Morgan fingerprint density at radius 3 is 1.27 bits per heavy atom. The lowest BCUT2D eigenvalue weighted by atomic mass is 10.0. The Labute approximate surface area is 202 Å². The SMILES string of the molecule is CCCCCCCCCc1cc(O)ccc1Oc1ccc(O)cc1CCCCCCCCC. The molecule has 184 valence electrons. The highest BCUT2D eigenvalue weighted by Crippen LogP contribution is 2.34. The second kappa shape index (κ2) is 16.5. The molecule has 0 aliphatic carbocycles. The normalized spacial score (nSPS) is 11.1. The minimum absolute atomic E-state index is 0.286. The number of benzene rings is 2. The van der Waals surface area contributed by atoms with Gasteiger partial charge in [0.15, 0.2) is 0 Å². The Morgan fingerprint density at radius 1 is 0.515 bits per heavy atom. The van der Waals surface area contributed by atoms with Crippen LogP contribution in [-0.2, 0) is 12.8 Å². The van der Waals surface area contributed by atoms with E-state index in [1.165, 1.54) is 77.0 Å². The van der Waals surface area contributed by atoms with Crippen LogP contribution in [0.2, 0.25) is 0 Å². The van der Waals surface area contributed by atoms with Gasteiger partial charge in [0.05, 0.1) is 0 Å². The van der Waals surface area contributed by atoms with Gasteiger partial charge < -0.3 is 14.9 Å². The van der Waals surface area contributed by atoms with Gasteiger partial charge in [0.1, 0.15) is 23.0 Å². The highest BCUT2D eigenvalue weighted by molar-refractivity contribution is 5.46. The van der Waals surface area contributed by atoms with E-state index in [4.69, 9.17) is 4.74 Å². The summed E-state index contributed by atoms with van der Waals surface area (Å²) in [5, 5.41) is 20.1. The Hall–Kier alpha value is -2.16. The topological polar surface area (TPSA) is 49.7 Å². The van der Waals surface area contributed by atoms with Gasteiger partial charge in [-0.25, -0.2) is 0 Å². The van der Waals surface area contributed by atoms with Crippen molar-refractivity contribution < 1.29 is 14.9 Å². The number of aromatic hydroxyl groups is 2. The molecule has 3 heteroatoms. The highest BCUT2D eigenvalue weighted by atomic mass is 16.5. The Bertz CT molecular complexity index is 719. The van der Waals surface area contributed by atoms with E-state index in [9.17, 15) is 10.2 Å². The smallest absolute Gasteiger partial charge is 0.130 e. The van der Waals surface area contributed by atoms with Gasteiger partial charge in [0.2, 0.25) is 0 Å². The number of hydrogen-bond donors (Lipinski definition) is 2. The lowest BCUT2D eigenvalue weighted by molar-refractivity contribution is 0.448. The summed E-state index contributed by atoms with van der Waals surface area (Å²) in [7, 11) is 0. The Morgan fingerprint density at radius 2 is 0.879 bits per heavy atom. The number of phenolic OH excluding ortho intramolecular Hbond substituents is 2. The van der Waals surface area contributed by atoms with E-state index in [0.29, 0.717) is 0 Å². The van der Waals surface area contributed by atoms with Crippen molar-refractivity contribution in [2.75, 3.05) is 0 Å². The fourth-order valence-corrected chi connectivity index (χ4v) is 4.39. The predicted octanol–water partition coefficient (Wildman–Crippen LogP) is 9.48. The Balaban J connectivity index is 1.93. The van der Waals surface area contributed by atoms with Crippen LogP contribution in [0.3, 0.4) is 0 Å². The number of hydrogen-bond acceptors (Lipinski definition) is 3. The molecule has 0 saturated heterocycles. The molecule has 0 fully saturated rings. The number of aryl methyl sites for hydroxylation is 2. The average molecular weight is 455 g/mol. The van der Waals surface area contributed by atoms with E-state index in [1.54, 1.807) is 12.1 Å².